The topological polar surface area (TPSA) is 51.2 Å². The minimum Gasteiger partial charge on any atom is -0.496 e. The summed E-state index contributed by atoms with van der Waals surface area (Å²) in [6, 6.07) is 3.71. The summed E-state index contributed by atoms with van der Waals surface area (Å²) in [5, 5.41) is 5.34. The minimum absolute atomic E-state index is 0.141. The van der Waals surface area contributed by atoms with Crippen molar-refractivity contribution >= 4 is 22.4 Å². The van der Waals surface area contributed by atoms with Crippen LogP contribution in [0.15, 0.2) is 17.5 Å². The Kier molecular flexibility index (Phi) is 3.85. The van der Waals surface area contributed by atoms with E-state index in [2.05, 4.69) is 10.3 Å². The van der Waals surface area contributed by atoms with Crippen LogP contribution in [0.5, 0.6) is 5.75 Å². The van der Waals surface area contributed by atoms with Gasteiger partial charge in [-0.3, -0.25) is 10.1 Å². The van der Waals surface area contributed by atoms with Crippen molar-refractivity contribution in [2.24, 2.45) is 0 Å². The molecule has 0 unspecified atom stereocenters. The largest absolute Gasteiger partial charge is 0.496 e. The molecule has 0 bridgehead atoms. The number of thiazole rings is 1. The molecule has 0 fully saturated rings. The Labute approximate surface area is 116 Å². The third-order valence-electron chi connectivity index (χ3n) is 2.83. The number of hydrogen-bond acceptors (Lipinski definition) is 4. The Bertz CT molecular complexity index is 620. The monoisotopic (exact) mass is 276 g/mol. The molecule has 4 nitrogen and oxygen atoms in total. The molecule has 2 aromatic rings. The van der Waals surface area contributed by atoms with E-state index in [1.807, 2.05) is 38.3 Å². The SMILES string of the molecule is COc1cc(C)c(C(=O)Nc2nc(C)cs2)cc1C. The van der Waals surface area contributed by atoms with Gasteiger partial charge in [-0.25, -0.2) is 4.98 Å². The van der Waals surface area contributed by atoms with E-state index in [0.29, 0.717) is 10.7 Å². The van der Waals surface area contributed by atoms with Crippen molar-refractivity contribution in [2.45, 2.75) is 20.8 Å². The van der Waals surface area contributed by atoms with Crippen LogP contribution in [0.25, 0.3) is 0 Å². The highest BCUT2D eigenvalue weighted by atomic mass is 32.1. The van der Waals surface area contributed by atoms with E-state index in [0.717, 1.165) is 22.6 Å². The van der Waals surface area contributed by atoms with Gasteiger partial charge in [0.25, 0.3) is 5.91 Å². The number of methoxy groups -OCH3 is 1. The van der Waals surface area contributed by atoms with Gasteiger partial charge in [-0.05, 0) is 44.0 Å². The minimum atomic E-state index is -0.141. The first kappa shape index (κ1) is 13.5. The van der Waals surface area contributed by atoms with Crippen molar-refractivity contribution in [3.05, 3.63) is 39.9 Å². The molecule has 0 aliphatic heterocycles. The summed E-state index contributed by atoms with van der Waals surface area (Å²) in [6.07, 6.45) is 0. The summed E-state index contributed by atoms with van der Waals surface area (Å²) in [5.74, 6) is 0.650. The van der Waals surface area contributed by atoms with Crippen LogP contribution < -0.4 is 10.1 Å². The molecule has 0 saturated heterocycles. The van der Waals surface area contributed by atoms with Gasteiger partial charge in [-0.15, -0.1) is 11.3 Å². The maximum atomic E-state index is 12.2. The molecular weight excluding hydrogens is 260 g/mol. The first-order chi connectivity index (χ1) is 9.01. The molecule has 1 heterocycles. The zero-order valence-electron chi connectivity index (χ0n) is 11.4. The standard InChI is InChI=1S/C14H16N2O2S/c1-8-6-12(18-4)9(2)5-11(8)13(17)16-14-15-10(3)7-19-14/h5-7H,1-4H3,(H,15,16,17). The lowest BCUT2D eigenvalue weighted by Gasteiger charge is -2.10. The number of carbonyl (C=O) groups excluding carboxylic acids is 1. The summed E-state index contributed by atoms with van der Waals surface area (Å²) >= 11 is 1.42. The van der Waals surface area contributed by atoms with E-state index >= 15 is 0 Å². The van der Waals surface area contributed by atoms with Crippen LogP contribution >= 0.6 is 11.3 Å². The molecule has 2 rings (SSSR count). The highest BCUT2D eigenvalue weighted by Crippen LogP contribution is 2.23. The van der Waals surface area contributed by atoms with Crippen LogP contribution in [-0.2, 0) is 0 Å². The third kappa shape index (κ3) is 2.93. The second kappa shape index (κ2) is 5.40. The number of rotatable bonds is 3. The summed E-state index contributed by atoms with van der Waals surface area (Å²) in [7, 11) is 1.62. The highest BCUT2D eigenvalue weighted by Gasteiger charge is 2.13. The van der Waals surface area contributed by atoms with Crippen LogP contribution in [0.3, 0.4) is 0 Å². The third-order valence-corrected chi connectivity index (χ3v) is 3.70. The van der Waals surface area contributed by atoms with Crippen LogP contribution in [0.4, 0.5) is 5.13 Å². The smallest absolute Gasteiger partial charge is 0.257 e. The normalized spacial score (nSPS) is 10.3. The van der Waals surface area contributed by atoms with E-state index in [4.69, 9.17) is 4.74 Å². The molecule has 1 N–H and O–H groups in total. The lowest BCUT2D eigenvalue weighted by molar-refractivity contribution is 0.102. The number of aromatic nitrogens is 1. The molecule has 1 aromatic carbocycles. The molecule has 0 aliphatic rings. The Hall–Kier alpha value is -1.88. The van der Waals surface area contributed by atoms with Crippen molar-refractivity contribution in [2.75, 3.05) is 12.4 Å². The quantitative estimate of drug-likeness (QED) is 0.935. The van der Waals surface area contributed by atoms with Gasteiger partial charge in [-0.1, -0.05) is 0 Å². The van der Waals surface area contributed by atoms with Gasteiger partial charge < -0.3 is 4.74 Å². The second-order valence-electron chi connectivity index (χ2n) is 4.38. The van der Waals surface area contributed by atoms with Crippen LogP contribution in [0, 0.1) is 20.8 Å². The molecule has 0 saturated carbocycles. The number of aryl methyl sites for hydroxylation is 3. The summed E-state index contributed by atoms with van der Waals surface area (Å²) in [5.41, 5.74) is 3.37. The van der Waals surface area contributed by atoms with Crippen LogP contribution in [-0.4, -0.2) is 18.0 Å². The van der Waals surface area contributed by atoms with Gasteiger partial charge in [0, 0.05) is 10.9 Å². The Morgan fingerprint density at radius 3 is 2.58 bits per heavy atom. The molecule has 0 atom stereocenters. The zero-order chi connectivity index (χ0) is 14.0. The van der Waals surface area contributed by atoms with Crippen molar-refractivity contribution < 1.29 is 9.53 Å². The average molecular weight is 276 g/mol. The number of carbonyl (C=O) groups is 1. The molecule has 0 spiro atoms. The number of anilines is 1. The van der Waals surface area contributed by atoms with Gasteiger partial charge in [0.15, 0.2) is 5.13 Å². The Morgan fingerprint density at radius 1 is 1.26 bits per heavy atom. The molecule has 0 aliphatic carbocycles. The maximum absolute atomic E-state index is 12.2. The molecule has 19 heavy (non-hydrogen) atoms. The van der Waals surface area contributed by atoms with Gasteiger partial charge in [0.2, 0.25) is 0 Å². The fraction of sp³-hybridized carbons (Fsp3) is 0.286. The highest BCUT2D eigenvalue weighted by molar-refractivity contribution is 7.13. The molecule has 5 heteroatoms. The van der Waals surface area contributed by atoms with E-state index in [1.165, 1.54) is 11.3 Å². The van der Waals surface area contributed by atoms with Gasteiger partial charge >= 0.3 is 0 Å². The summed E-state index contributed by atoms with van der Waals surface area (Å²) < 4.78 is 5.24. The Balaban J connectivity index is 2.26. The number of hydrogen-bond donors (Lipinski definition) is 1. The average Bonchev–Trinajstić information content (AvgIpc) is 2.77. The van der Waals surface area contributed by atoms with Crippen molar-refractivity contribution in [1.29, 1.82) is 0 Å². The van der Waals surface area contributed by atoms with Gasteiger partial charge in [-0.2, -0.15) is 0 Å². The zero-order valence-corrected chi connectivity index (χ0v) is 12.2. The molecule has 1 amide bonds. The molecule has 0 radical (unpaired) electrons. The first-order valence-electron chi connectivity index (χ1n) is 5.90. The lowest BCUT2D eigenvalue weighted by atomic mass is 10.0. The molecule has 100 valence electrons. The van der Waals surface area contributed by atoms with Crippen molar-refractivity contribution in [1.82, 2.24) is 4.98 Å². The predicted octanol–water partition coefficient (Wildman–Crippen LogP) is 3.33. The van der Waals surface area contributed by atoms with E-state index in [9.17, 15) is 4.79 Å². The van der Waals surface area contributed by atoms with Crippen molar-refractivity contribution in [3.63, 3.8) is 0 Å². The fourth-order valence-electron chi connectivity index (χ4n) is 1.83. The number of ether oxygens (including phenoxy) is 1. The van der Waals surface area contributed by atoms with E-state index < -0.39 is 0 Å². The lowest BCUT2D eigenvalue weighted by Crippen LogP contribution is -2.13. The number of benzene rings is 1. The number of amides is 1. The van der Waals surface area contributed by atoms with Crippen LogP contribution in [0.2, 0.25) is 0 Å². The predicted molar refractivity (Wildman–Crippen MR) is 77.3 cm³/mol. The molecular formula is C14H16N2O2S. The maximum Gasteiger partial charge on any atom is 0.257 e. The Morgan fingerprint density at radius 2 is 2.00 bits per heavy atom. The molecule has 1 aromatic heterocycles. The number of nitrogens with zero attached hydrogens (tertiary/aromatic N) is 1. The van der Waals surface area contributed by atoms with E-state index in [-0.39, 0.29) is 5.91 Å². The first-order valence-corrected chi connectivity index (χ1v) is 6.78. The number of nitrogens with one attached hydrogen (secondary N) is 1. The summed E-state index contributed by atoms with van der Waals surface area (Å²) in [4.78, 5) is 16.4. The van der Waals surface area contributed by atoms with Gasteiger partial charge in [0.05, 0.1) is 12.8 Å². The fourth-order valence-corrected chi connectivity index (χ4v) is 2.51. The summed E-state index contributed by atoms with van der Waals surface area (Å²) in [6.45, 7) is 5.71. The van der Waals surface area contributed by atoms with E-state index in [1.54, 1.807) is 7.11 Å². The van der Waals surface area contributed by atoms with Crippen molar-refractivity contribution in [3.8, 4) is 5.75 Å². The van der Waals surface area contributed by atoms with Gasteiger partial charge in [0.1, 0.15) is 5.75 Å². The second-order valence-corrected chi connectivity index (χ2v) is 5.24. The van der Waals surface area contributed by atoms with Crippen LogP contribution in [0.1, 0.15) is 27.2 Å².